The van der Waals surface area contributed by atoms with Gasteiger partial charge in [0.25, 0.3) is 0 Å². The highest BCUT2D eigenvalue weighted by molar-refractivity contribution is 5.82. The Kier molecular flexibility index (Phi) is 3.29. The molecule has 0 aromatic heterocycles. The molecule has 2 saturated heterocycles. The zero-order chi connectivity index (χ0) is 10.7. The molecule has 2 fully saturated rings. The standard InChI is InChI=1S/C12H19NO2/c1-2-15-12(14)9-11-6-3-5-10-7-4-8-13(10)11/h9-10H,2-8H2,1H3/b11-9-. The summed E-state index contributed by atoms with van der Waals surface area (Å²) < 4.78 is 4.95. The lowest BCUT2D eigenvalue weighted by Crippen LogP contribution is -2.32. The summed E-state index contributed by atoms with van der Waals surface area (Å²) in [5.41, 5.74) is 1.20. The van der Waals surface area contributed by atoms with Crippen molar-refractivity contribution in [1.29, 1.82) is 0 Å². The Morgan fingerprint density at radius 3 is 3.13 bits per heavy atom. The number of piperidine rings is 1. The van der Waals surface area contributed by atoms with Crippen LogP contribution in [0.1, 0.15) is 39.0 Å². The molecule has 0 aliphatic carbocycles. The molecule has 0 aromatic rings. The van der Waals surface area contributed by atoms with Gasteiger partial charge in [0, 0.05) is 24.4 Å². The molecule has 2 aliphatic rings. The van der Waals surface area contributed by atoms with Gasteiger partial charge in [-0.15, -0.1) is 0 Å². The fourth-order valence-corrected chi connectivity index (χ4v) is 2.65. The molecule has 0 N–H and O–H groups in total. The molecule has 84 valence electrons. The number of fused-ring (bicyclic) bond motifs is 1. The monoisotopic (exact) mass is 209 g/mol. The normalized spacial score (nSPS) is 27.9. The fraction of sp³-hybridized carbons (Fsp3) is 0.750. The largest absolute Gasteiger partial charge is 0.463 e. The van der Waals surface area contributed by atoms with Gasteiger partial charge in [-0.1, -0.05) is 0 Å². The van der Waals surface area contributed by atoms with E-state index in [9.17, 15) is 4.79 Å². The molecule has 0 amide bonds. The van der Waals surface area contributed by atoms with Crippen LogP contribution in [0.3, 0.4) is 0 Å². The smallest absolute Gasteiger partial charge is 0.332 e. The number of hydrogen-bond acceptors (Lipinski definition) is 3. The summed E-state index contributed by atoms with van der Waals surface area (Å²) in [7, 11) is 0. The highest BCUT2D eigenvalue weighted by Crippen LogP contribution is 2.32. The van der Waals surface area contributed by atoms with Crippen LogP contribution >= 0.6 is 0 Å². The number of allylic oxidation sites excluding steroid dienone is 1. The van der Waals surface area contributed by atoms with Crippen molar-refractivity contribution in [2.45, 2.75) is 45.1 Å². The second kappa shape index (κ2) is 4.69. The lowest BCUT2D eigenvalue weighted by molar-refractivity contribution is -0.137. The van der Waals surface area contributed by atoms with Crippen LogP contribution < -0.4 is 0 Å². The molecule has 3 heteroatoms. The van der Waals surface area contributed by atoms with Gasteiger partial charge < -0.3 is 9.64 Å². The lowest BCUT2D eigenvalue weighted by atomic mass is 10.00. The van der Waals surface area contributed by atoms with E-state index in [0.29, 0.717) is 12.6 Å². The van der Waals surface area contributed by atoms with Gasteiger partial charge in [-0.05, 0) is 39.0 Å². The number of rotatable bonds is 2. The Bertz CT molecular complexity index is 273. The predicted octanol–water partition coefficient (Wildman–Crippen LogP) is 2.08. The first kappa shape index (κ1) is 10.5. The Labute approximate surface area is 91.1 Å². The zero-order valence-corrected chi connectivity index (χ0v) is 9.37. The van der Waals surface area contributed by atoms with E-state index >= 15 is 0 Å². The Morgan fingerprint density at radius 1 is 1.53 bits per heavy atom. The second-order valence-electron chi connectivity index (χ2n) is 4.27. The number of hydrogen-bond donors (Lipinski definition) is 0. The minimum Gasteiger partial charge on any atom is -0.463 e. The maximum absolute atomic E-state index is 11.4. The van der Waals surface area contributed by atoms with Crippen molar-refractivity contribution < 1.29 is 9.53 Å². The first-order valence-corrected chi connectivity index (χ1v) is 5.95. The highest BCUT2D eigenvalue weighted by Gasteiger charge is 2.29. The van der Waals surface area contributed by atoms with Crippen molar-refractivity contribution in [3.8, 4) is 0 Å². The van der Waals surface area contributed by atoms with Crippen LogP contribution in [0.4, 0.5) is 0 Å². The van der Waals surface area contributed by atoms with Gasteiger partial charge in [0.15, 0.2) is 0 Å². The van der Waals surface area contributed by atoms with E-state index in [2.05, 4.69) is 4.90 Å². The van der Waals surface area contributed by atoms with Gasteiger partial charge in [-0.3, -0.25) is 0 Å². The SMILES string of the molecule is CCOC(=O)/C=C1/CCCC2CCCN12. The van der Waals surface area contributed by atoms with Crippen molar-refractivity contribution in [1.82, 2.24) is 4.90 Å². The third-order valence-electron chi connectivity index (χ3n) is 3.29. The average Bonchev–Trinajstić information content (AvgIpc) is 2.67. The molecule has 0 bridgehead atoms. The summed E-state index contributed by atoms with van der Waals surface area (Å²) >= 11 is 0. The number of carbonyl (C=O) groups is 1. The van der Waals surface area contributed by atoms with Crippen molar-refractivity contribution in [3.05, 3.63) is 11.8 Å². The van der Waals surface area contributed by atoms with Crippen LogP contribution in [-0.4, -0.2) is 30.1 Å². The first-order chi connectivity index (χ1) is 7.31. The molecule has 15 heavy (non-hydrogen) atoms. The van der Waals surface area contributed by atoms with Crippen LogP contribution in [0.2, 0.25) is 0 Å². The van der Waals surface area contributed by atoms with Crippen molar-refractivity contribution in [3.63, 3.8) is 0 Å². The van der Waals surface area contributed by atoms with Gasteiger partial charge in [0.05, 0.1) is 6.61 Å². The number of esters is 1. The Morgan fingerprint density at radius 2 is 2.33 bits per heavy atom. The van der Waals surface area contributed by atoms with Crippen LogP contribution in [0, 0.1) is 0 Å². The summed E-state index contributed by atoms with van der Waals surface area (Å²) in [5, 5.41) is 0. The summed E-state index contributed by atoms with van der Waals surface area (Å²) in [6.07, 6.45) is 7.80. The van der Waals surface area contributed by atoms with Gasteiger partial charge in [0.1, 0.15) is 0 Å². The van der Waals surface area contributed by atoms with E-state index in [-0.39, 0.29) is 5.97 Å². The maximum atomic E-state index is 11.4. The molecular formula is C12H19NO2. The van der Waals surface area contributed by atoms with Crippen LogP contribution in [-0.2, 0) is 9.53 Å². The van der Waals surface area contributed by atoms with Crippen molar-refractivity contribution >= 4 is 5.97 Å². The van der Waals surface area contributed by atoms with Crippen LogP contribution in [0.25, 0.3) is 0 Å². The Balaban J connectivity index is 2.03. The first-order valence-electron chi connectivity index (χ1n) is 5.95. The van der Waals surface area contributed by atoms with E-state index in [1.54, 1.807) is 6.08 Å². The zero-order valence-electron chi connectivity index (χ0n) is 9.37. The second-order valence-corrected chi connectivity index (χ2v) is 4.27. The number of nitrogens with zero attached hydrogens (tertiary/aromatic N) is 1. The van der Waals surface area contributed by atoms with Gasteiger partial charge in [-0.2, -0.15) is 0 Å². The molecule has 1 unspecified atom stereocenters. The minimum absolute atomic E-state index is 0.181. The molecular weight excluding hydrogens is 190 g/mol. The van der Waals surface area contributed by atoms with E-state index in [1.165, 1.54) is 31.4 Å². The summed E-state index contributed by atoms with van der Waals surface area (Å²) in [5.74, 6) is -0.181. The molecule has 0 spiro atoms. The Hall–Kier alpha value is -0.990. The average molecular weight is 209 g/mol. The predicted molar refractivity (Wildman–Crippen MR) is 58.3 cm³/mol. The topological polar surface area (TPSA) is 29.5 Å². The number of carbonyl (C=O) groups excluding carboxylic acids is 1. The molecule has 0 radical (unpaired) electrons. The van der Waals surface area contributed by atoms with E-state index in [4.69, 9.17) is 4.74 Å². The maximum Gasteiger partial charge on any atom is 0.332 e. The summed E-state index contributed by atoms with van der Waals surface area (Å²) in [6.45, 7) is 3.43. The lowest BCUT2D eigenvalue weighted by Gasteiger charge is -2.33. The minimum atomic E-state index is -0.181. The van der Waals surface area contributed by atoms with Crippen molar-refractivity contribution in [2.75, 3.05) is 13.2 Å². The summed E-state index contributed by atoms with van der Waals surface area (Å²) in [4.78, 5) is 13.8. The highest BCUT2D eigenvalue weighted by atomic mass is 16.5. The molecule has 1 atom stereocenters. The van der Waals surface area contributed by atoms with Crippen LogP contribution in [0.15, 0.2) is 11.8 Å². The van der Waals surface area contributed by atoms with Gasteiger partial charge in [-0.25, -0.2) is 4.79 Å². The molecule has 2 rings (SSSR count). The number of ether oxygens (including phenoxy) is 1. The third-order valence-corrected chi connectivity index (χ3v) is 3.29. The molecule has 2 heterocycles. The molecule has 0 saturated carbocycles. The molecule has 0 aromatic carbocycles. The van der Waals surface area contributed by atoms with Crippen LogP contribution in [0.5, 0.6) is 0 Å². The molecule has 2 aliphatic heterocycles. The van der Waals surface area contributed by atoms with Gasteiger partial charge in [0.2, 0.25) is 0 Å². The van der Waals surface area contributed by atoms with E-state index in [1.807, 2.05) is 6.92 Å². The van der Waals surface area contributed by atoms with E-state index in [0.717, 1.165) is 13.0 Å². The molecule has 3 nitrogen and oxygen atoms in total. The third kappa shape index (κ3) is 2.33. The van der Waals surface area contributed by atoms with Gasteiger partial charge >= 0.3 is 5.97 Å². The van der Waals surface area contributed by atoms with Crippen molar-refractivity contribution in [2.24, 2.45) is 0 Å². The quantitative estimate of drug-likeness (QED) is 0.515. The van der Waals surface area contributed by atoms with E-state index < -0.39 is 0 Å². The summed E-state index contributed by atoms with van der Waals surface area (Å²) in [6, 6.07) is 0.694. The fourth-order valence-electron chi connectivity index (χ4n) is 2.65.